The molecule has 0 unspecified atom stereocenters. The van der Waals surface area contributed by atoms with E-state index >= 15 is 0 Å². The van der Waals surface area contributed by atoms with Crippen molar-refractivity contribution in [3.63, 3.8) is 0 Å². The molecule has 1 aromatic rings. The Morgan fingerprint density at radius 2 is 2.21 bits per heavy atom. The minimum absolute atomic E-state index is 0.00356. The van der Waals surface area contributed by atoms with Gasteiger partial charge in [0.05, 0.1) is 0 Å². The fraction of sp³-hybridized carbons (Fsp3) is 0.667. The number of aryl methyl sites for hydroxylation is 1. The van der Waals surface area contributed by atoms with E-state index in [2.05, 4.69) is 10.1 Å². The van der Waals surface area contributed by atoms with Gasteiger partial charge in [-0.25, -0.2) is 0 Å². The van der Waals surface area contributed by atoms with Gasteiger partial charge in [-0.1, -0.05) is 19.0 Å². The number of hydrogen-bond donors (Lipinski definition) is 0. The van der Waals surface area contributed by atoms with E-state index in [1.165, 1.54) is 4.90 Å². The zero-order valence-corrected chi connectivity index (χ0v) is 8.94. The van der Waals surface area contributed by atoms with Gasteiger partial charge in [0.1, 0.15) is 0 Å². The average Bonchev–Trinajstić information content (AvgIpc) is 2.53. The highest BCUT2D eigenvalue weighted by molar-refractivity contribution is 5.92. The molecular formula is C9H15N3O2. The highest BCUT2D eigenvalue weighted by Crippen LogP contribution is 2.13. The number of hydrogen-bond acceptors (Lipinski definition) is 4. The van der Waals surface area contributed by atoms with Gasteiger partial charge >= 0.3 is 6.01 Å². The molecule has 5 nitrogen and oxygen atoms in total. The zero-order chi connectivity index (χ0) is 10.7. The minimum atomic E-state index is -0.0674. The van der Waals surface area contributed by atoms with E-state index in [9.17, 15) is 4.79 Å². The fourth-order valence-electron chi connectivity index (χ4n) is 1.09. The first-order valence-electron chi connectivity index (χ1n) is 4.68. The molecule has 0 saturated heterocycles. The normalized spacial score (nSPS) is 10.6. The summed E-state index contributed by atoms with van der Waals surface area (Å²) >= 11 is 0. The quantitative estimate of drug-likeness (QED) is 0.734. The van der Waals surface area contributed by atoms with Crippen molar-refractivity contribution in [3.05, 3.63) is 5.82 Å². The Kier molecular flexibility index (Phi) is 3.22. The minimum Gasteiger partial charge on any atom is -0.315 e. The molecule has 0 aliphatic heterocycles. The first kappa shape index (κ1) is 10.7. The number of carbonyl (C=O) groups excluding carboxylic acids is 1. The Bertz CT molecular complexity index is 320. The van der Waals surface area contributed by atoms with Crippen LogP contribution in [0.2, 0.25) is 0 Å². The van der Waals surface area contributed by atoms with Crippen molar-refractivity contribution in [3.8, 4) is 0 Å². The summed E-state index contributed by atoms with van der Waals surface area (Å²) in [7, 11) is 0. The van der Waals surface area contributed by atoms with E-state index < -0.39 is 0 Å². The summed E-state index contributed by atoms with van der Waals surface area (Å²) in [4.78, 5) is 17.2. The third-order valence-electron chi connectivity index (χ3n) is 1.82. The summed E-state index contributed by atoms with van der Waals surface area (Å²) in [6.07, 6.45) is 0. The van der Waals surface area contributed by atoms with Crippen LogP contribution in [-0.2, 0) is 4.79 Å². The fourth-order valence-corrected chi connectivity index (χ4v) is 1.09. The Hall–Kier alpha value is -1.39. The van der Waals surface area contributed by atoms with Gasteiger partial charge < -0.3 is 4.52 Å². The van der Waals surface area contributed by atoms with E-state index in [0.717, 1.165) is 0 Å². The van der Waals surface area contributed by atoms with Gasteiger partial charge in [0.2, 0.25) is 5.91 Å². The molecule has 1 rings (SSSR count). The molecule has 1 heterocycles. The zero-order valence-electron chi connectivity index (χ0n) is 8.94. The SMILES string of the molecule is CCN(C(=O)C(C)C)c1nc(C)no1. The molecular weight excluding hydrogens is 182 g/mol. The van der Waals surface area contributed by atoms with Crippen molar-refractivity contribution < 1.29 is 9.32 Å². The third-order valence-corrected chi connectivity index (χ3v) is 1.82. The van der Waals surface area contributed by atoms with Gasteiger partial charge in [-0.05, 0) is 13.8 Å². The number of amides is 1. The smallest absolute Gasteiger partial charge is 0.315 e. The molecule has 0 atom stereocenters. The summed E-state index contributed by atoms with van der Waals surface area (Å²) in [5, 5.41) is 3.65. The van der Waals surface area contributed by atoms with Crippen LogP contribution in [0.3, 0.4) is 0 Å². The second-order valence-electron chi connectivity index (χ2n) is 3.36. The van der Waals surface area contributed by atoms with Gasteiger partial charge in [-0.3, -0.25) is 9.69 Å². The second-order valence-corrected chi connectivity index (χ2v) is 3.36. The molecule has 0 fully saturated rings. The van der Waals surface area contributed by atoms with Crippen molar-refractivity contribution in [2.24, 2.45) is 5.92 Å². The van der Waals surface area contributed by atoms with Crippen LogP contribution in [0.15, 0.2) is 4.52 Å². The second kappa shape index (κ2) is 4.21. The molecule has 14 heavy (non-hydrogen) atoms. The van der Waals surface area contributed by atoms with Crippen molar-refractivity contribution in [1.82, 2.24) is 10.1 Å². The van der Waals surface area contributed by atoms with Gasteiger partial charge in [-0.2, -0.15) is 4.98 Å². The first-order valence-corrected chi connectivity index (χ1v) is 4.68. The summed E-state index contributed by atoms with van der Waals surface area (Å²) < 4.78 is 4.93. The number of carbonyl (C=O) groups is 1. The molecule has 1 amide bonds. The van der Waals surface area contributed by atoms with Crippen LogP contribution in [0.1, 0.15) is 26.6 Å². The number of anilines is 1. The Labute approximate surface area is 83.1 Å². The standard InChI is InChI=1S/C9H15N3O2/c1-5-12(8(13)6(2)3)9-10-7(4)11-14-9/h6H,5H2,1-4H3. The molecule has 0 radical (unpaired) electrons. The maximum atomic E-state index is 11.7. The topological polar surface area (TPSA) is 59.2 Å². The van der Waals surface area contributed by atoms with Crippen LogP contribution in [0.4, 0.5) is 6.01 Å². The van der Waals surface area contributed by atoms with Gasteiger partial charge in [-0.15, -0.1) is 0 Å². The molecule has 0 aliphatic carbocycles. The maximum absolute atomic E-state index is 11.7. The molecule has 0 N–H and O–H groups in total. The Morgan fingerprint density at radius 1 is 1.57 bits per heavy atom. The van der Waals surface area contributed by atoms with Gasteiger partial charge in [0.15, 0.2) is 5.82 Å². The van der Waals surface area contributed by atoms with Crippen molar-refractivity contribution in [2.75, 3.05) is 11.4 Å². The molecule has 0 aromatic carbocycles. The van der Waals surface area contributed by atoms with Gasteiger partial charge in [0, 0.05) is 12.5 Å². The largest absolute Gasteiger partial charge is 0.330 e. The Balaban J connectivity index is 2.87. The molecule has 5 heteroatoms. The summed E-state index contributed by atoms with van der Waals surface area (Å²) in [6, 6.07) is 0.281. The molecule has 1 aromatic heterocycles. The van der Waals surface area contributed by atoms with E-state index in [1.54, 1.807) is 6.92 Å². The van der Waals surface area contributed by atoms with Crippen LogP contribution in [0.25, 0.3) is 0 Å². The average molecular weight is 197 g/mol. The first-order chi connectivity index (χ1) is 6.56. The molecule has 78 valence electrons. The lowest BCUT2D eigenvalue weighted by Gasteiger charge is -2.17. The van der Waals surface area contributed by atoms with Crippen LogP contribution in [0.5, 0.6) is 0 Å². The van der Waals surface area contributed by atoms with E-state index in [4.69, 9.17) is 4.52 Å². The van der Waals surface area contributed by atoms with E-state index in [1.807, 2.05) is 20.8 Å². The molecule has 0 saturated carbocycles. The monoisotopic (exact) mass is 197 g/mol. The number of aromatic nitrogens is 2. The predicted molar refractivity (Wildman–Crippen MR) is 51.9 cm³/mol. The third kappa shape index (κ3) is 2.10. The highest BCUT2D eigenvalue weighted by Gasteiger charge is 2.21. The highest BCUT2D eigenvalue weighted by atomic mass is 16.5. The predicted octanol–water partition coefficient (Wildman–Crippen LogP) is 1.39. The Morgan fingerprint density at radius 3 is 2.57 bits per heavy atom. The lowest BCUT2D eigenvalue weighted by molar-refractivity contribution is -0.121. The lowest BCUT2D eigenvalue weighted by atomic mass is 10.2. The van der Waals surface area contributed by atoms with Crippen LogP contribution >= 0.6 is 0 Å². The molecule has 0 bridgehead atoms. The van der Waals surface area contributed by atoms with Crippen molar-refractivity contribution >= 4 is 11.9 Å². The maximum Gasteiger partial charge on any atom is 0.330 e. The molecule has 0 spiro atoms. The van der Waals surface area contributed by atoms with Gasteiger partial charge in [0.25, 0.3) is 0 Å². The molecule has 0 aliphatic rings. The van der Waals surface area contributed by atoms with Crippen molar-refractivity contribution in [2.45, 2.75) is 27.7 Å². The summed E-state index contributed by atoms with van der Waals surface area (Å²) in [6.45, 7) is 7.82. The van der Waals surface area contributed by atoms with Crippen LogP contribution in [-0.4, -0.2) is 22.6 Å². The van der Waals surface area contributed by atoms with Crippen molar-refractivity contribution in [1.29, 1.82) is 0 Å². The summed E-state index contributed by atoms with van der Waals surface area (Å²) in [5.74, 6) is 0.466. The number of rotatable bonds is 3. The van der Waals surface area contributed by atoms with E-state index in [0.29, 0.717) is 12.4 Å². The lowest BCUT2D eigenvalue weighted by Crippen LogP contribution is -2.34. The van der Waals surface area contributed by atoms with Crippen LogP contribution < -0.4 is 4.90 Å². The van der Waals surface area contributed by atoms with Crippen LogP contribution in [0, 0.1) is 12.8 Å². The summed E-state index contributed by atoms with van der Waals surface area (Å²) in [5.41, 5.74) is 0. The van der Waals surface area contributed by atoms with E-state index in [-0.39, 0.29) is 17.8 Å². The number of nitrogens with zero attached hydrogens (tertiary/aromatic N) is 3.